The number of hydrogen-bond donors (Lipinski definition) is 1. The zero-order chi connectivity index (χ0) is 29.1. The Hall–Kier alpha value is -4.70. The van der Waals surface area contributed by atoms with Crippen LogP contribution in [0.1, 0.15) is 32.9 Å². The number of ether oxygens (including phenoxy) is 2. The molecule has 0 bridgehead atoms. The second kappa shape index (κ2) is 11.8. The first kappa shape index (κ1) is 27.9. The average molecular weight is 562 g/mol. The van der Waals surface area contributed by atoms with Crippen LogP contribution >= 0.6 is 0 Å². The third kappa shape index (κ3) is 6.07. The summed E-state index contributed by atoms with van der Waals surface area (Å²) < 4.78 is 56.0. The van der Waals surface area contributed by atoms with Crippen molar-refractivity contribution in [2.75, 3.05) is 13.7 Å². The Bertz CT molecular complexity index is 1750. The number of imidazole rings is 1. The smallest absolute Gasteiger partial charge is 0.335 e. The Morgan fingerprint density at radius 2 is 1.73 bits per heavy atom. The fraction of sp³-hybridized carbons (Fsp3) is 0.194. The molecule has 1 N–H and O–H groups in total. The van der Waals surface area contributed by atoms with Gasteiger partial charge in [0.25, 0.3) is 0 Å². The molecule has 0 aliphatic rings. The zero-order valence-corrected chi connectivity index (χ0v) is 22.3. The number of carboxylic acids is 1. The van der Waals surface area contributed by atoms with Crippen LogP contribution in [-0.2, 0) is 24.3 Å². The lowest BCUT2D eigenvalue weighted by Crippen LogP contribution is -2.10. The number of hydrogen-bond acceptors (Lipinski definition) is 5. The quantitative estimate of drug-likeness (QED) is 0.214. The van der Waals surface area contributed by atoms with Crippen molar-refractivity contribution in [3.63, 3.8) is 0 Å². The van der Waals surface area contributed by atoms with E-state index in [1.165, 1.54) is 19.1 Å². The Balaban J connectivity index is 1.37. The highest BCUT2D eigenvalue weighted by Gasteiger charge is 2.16. The number of fused-ring (bicyclic) bond motifs is 1. The van der Waals surface area contributed by atoms with Crippen LogP contribution < -0.4 is 4.74 Å². The number of carboxylic acid groups (broad SMARTS) is 1. The summed E-state index contributed by atoms with van der Waals surface area (Å²) >= 11 is 0. The second-order valence-corrected chi connectivity index (χ2v) is 9.51. The third-order valence-corrected chi connectivity index (χ3v) is 6.72. The molecule has 0 fully saturated rings. The van der Waals surface area contributed by atoms with E-state index in [9.17, 15) is 18.7 Å². The molecule has 0 radical (unpaired) electrons. The molecule has 0 aliphatic heterocycles. The van der Waals surface area contributed by atoms with Gasteiger partial charge in [0.15, 0.2) is 0 Å². The van der Waals surface area contributed by atoms with Gasteiger partial charge in [-0.25, -0.2) is 27.9 Å². The monoisotopic (exact) mass is 561 g/mol. The van der Waals surface area contributed by atoms with Crippen molar-refractivity contribution in [1.29, 1.82) is 0 Å². The Kier molecular flexibility index (Phi) is 8.02. The van der Waals surface area contributed by atoms with Crippen molar-refractivity contribution < 1.29 is 32.5 Å². The van der Waals surface area contributed by atoms with Crippen molar-refractivity contribution >= 4 is 17.0 Å². The second-order valence-electron chi connectivity index (χ2n) is 9.51. The van der Waals surface area contributed by atoms with Gasteiger partial charge in [-0.3, -0.25) is 0 Å². The number of nitrogens with zero attached hydrogens (tertiary/aromatic N) is 3. The van der Waals surface area contributed by atoms with Crippen molar-refractivity contribution in [1.82, 2.24) is 14.5 Å². The van der Waals surface area contributed by atoms with E-state index in [1.807, 2.05) is 4.57 Å². The fourth-order valence-electron chi connectivity index (χ4n) is 4.50. The van der Waals surface area contributed by atoms with Crippen LogP contribution in [0.15, 0.2) is 66.7 Å². The summed E-state index contributed by atoms with van der Waals surface area (Å²) in [7, 11) is 1.56. The van der Waals surface area contributed by atoms with Crippen molar-refractivity contribution in [2.45, 2.75) is 26.5 Å². The minimum atomic E-state index is -1.05. The van der Waals surface area contributed by atoms with Crippen LogP contribution in [0.5, 0.6) is 5.88 Å². The molecule has 0 saturated carbocycles. The SMILES string of the molecule is COCCn1c(Cc2ccc(-c3cccc(OCc4cc(F)c(C)cc4F)n3)cc2F)nc2ccc(C(=O)O)cc21. The topological polar surface area (TPSA) is 86.5 Å². The molecule has 0 unspecified atom stereocenters. The molecule has 0 aliphatic carbocycles. The van der Waals surface area contributed by atoms with Crippen LogP contribution in [0.3, 0.4) is 0 Å². The molecule has 210 valence electrons. The molecule has 0 atom stereocenters. The summed E-state index contributed by atoms with van der Waals surface area (Å²) in [5.41, 5.74) is 2.97. The average Bonchev–Trinajstić information content (AvgIpc) is 3.30. The molecule has 3 aromatic carbocycles. The molecule has 10 heteroatoms. The number of benzene rings is 3. The number of aromatic nitrogens is 3. The molecule has 2 heterocycles. The summed E-state index contributed by atoms with van der Waals surface area (Å²) in [4.78, 5) is 20.5. The minimum absolute atomic E-state index is 0.0615. The molecule has 41 heavy (non-hydrogen) atoms. The summed E-state index contributed by atoms with van der Waals surface area (Å²) in [6.07, 6.45) is 0.169. The summed E-state index contributed by atoms with van der Waals surface area (Å²) in [5, 5.41) is 9.39. The molecular weight excluding hydrogens is 535 g/mol. The maximum absolute atomic E-state index is 15.3. The number of pyridine rings is 1. The number of aromatic carboxylic acids is 1. The van der Waals surface area contributed by atoms with E-state index >= 15 is 4.39 Å². The highest BCUT2D eigenvalue weighted by Crippen LogP contribution is 2.26. The van der Waals surface area contributed by atoms with Gasteiger partial charge in [-0.2, -0.15) is 0 Å². The lowest BCUT2D eigenvalue weighted by molar-refractivity contribution is 0.0697. The van der Waals surface area contributed by atoms with Crippen LogP contribution in [-0.4, -0.2) is 39.3 Å². The van der Waals surface area contributed by atoms with E-state index < -0.39 is 23.4 Å². The Morgan fingerprint density at radius 1 is 0.927 bits per heavy atom. The number of methoxy groups -OCH3 is 1. The van der Waals surface area contributed by atoms with E-state index in [1.54, 1.807) is 49.6 Å². The lowest BCUT2D eigenvalue weighted by Gasteiger charge is -2.11. The molecule has 0 amide bonds. The number of carbonyl (C=O) groups is 1. The van der Waals surface area contributed by atoms with Gasteiger partial charge in [0.2, 0.25) is 5.88 Å². The van der Waals surface area contributed by atoms with E-state index in [2.05, 4.69) is 9.97 Å². The van der Waals surface area contributed by atoms with Crippen molar-refractivity contribution in [3.05, 3.63) is 112 Å². The maximum atomic E-state index is 15.3. The van der Waals surface area contributed by atoms with E-state index in [0.717, 1.165) is 12.1 Å². The predicted molar refractivity (Wildman–Crippen MR) is 146 cm³/mol. The summed E-state index contributed by atoms with van der Waals surface area (Å²) in [6.45, 7) is 2.05. The first-order valence-electron chi connectivity index (χ1n) is 12.8. The van der Waals surface area contributed by atoms with Gasteiger partial charge in [-0.1, -0.05) is 18.2 Å². The minimum Gasteiger partial charge on any atom is -0.478 e. The Labute approximate surface area is 233 Å². The van der Waals surface area contributed by atoms with Crippen LogP contribution in [0.4, 0.5) is 13.2 Å². The highest BCUT2D eigenvalue weighted by molar-refractivity contribution is 5.92. The largest absolute Gasteiger partial charge is 0.478 e. The highest BCUT2D eigenvalue weighted by atomic mass is 19.1. The van der Waals surface area contributed by atoms with Crippen LogP contribution in [0, 0.1) is 24.4 Å². The molecule has 5 aromatic rings. The summed E-state index contributed by atoms with van der Waals surface area (Å²) in [6, 6.07) is 16.6. The fourth-order valence-corrected chi connectivity index (χ4v) is 4.50. The van der Waals surface area contributed by atoms with Gasteiger partial charge in [0, 0.05) is 37.3 Å². The molecule has 7 nitrogen and oxygen atoms in total. The van der Waals surface area contributed by atoms with Crippen molar-refractivity contribution in [3.8, 4) is 17.1 Å². The van der Waals surface area contributed by atoms with Gasteiger partial charge in [-0.05, 0) is 60.5 Å². The first-order chi connectivity index (χ1) is 19.7. The van der Waals surface area contributed by atoms with Gasteiger partial charge < -0.3 is 19.1 Å². The molecule has 2 aromatic heterocycles. The first-order valence-corrected chi connectivity index (χ1v) is 12.8. The molecule has 5 rings (SSSR count). The van der Waals surface area contributed by atoms with E-state index in [0.29, 0.717) is 46.8 Å². The lowest BCUT2D eigenvalue weighted by atomic mass is 10.1. The predicted octanol–water partition coefficient (Wildman–Crippen LogP) is 6.34. The Morgan fingerprint density at radius 3 is 2.49 bits per heavy atom. The third-order valence-electron chi connectivity index (χ3n) is 6.72. The summed E-state index contributed by atoms with van der Waals surface area (Å²) in [5.74, 6) is -1.87. The van der Waals surface area contributed by atoms with Crippen molar-refractivity contribution in [2.24, 2.45) is 0 Å². The van der Waals surface area contributed by atoms with Gasteiger partial charge in [0.05, 0.1) is 28.9 Å². The van der Waals surface area contributed by atoms with Gasteiger partial charge in [-0.15, -0.1) is 0 Å². The molecule has 0 spiro atoms. The van der Waals surface area contributed by atoms with E-state index in [-0.39, 0.29) is 35.6 Å². The normalized spacial score (nSPS) is 11.2. The zero-order valence-electron chi connectivity index (χ0n) is 22.3. The molecule has 0 saturated heterocycles. The standard InChI is InChI=1S/C31H26F3N3O4/c1-18-12-24(33)22(14-23(18)32)17-41-30-5-3-4-26(36-30)20-7-6-19(25(34)13-20)16-29-35-27-9-8-21(31(38)39)15-28(27)37(29)10-11-40-2/h3-9,12-15H,10-11,16-17H2,1-2H3,(H,38,39). The molecular formula is C31H26F3N3O4. The van der Waals surface area contributed by atoms with E-state index in [4.69, 9.17) is 9.47 Å². The number of aryl methyl sites for hydroxylation is 1. The maximum Gasteiger partial charge on any atom is 0.335 e. The van der Waals surface area contributed by atoms with Crippen LogP contribution in [0.25, 0.3) is 22.3 Å². The van der Waals surface area contributed by atoms with Crippen LogP contribution in [0.2, 0.25) is 0 Å². The number of halogens is 3. The van der Waals surface area contributed by atoms with Gasteiger partial charge >= 0.3 is 5.97 Å². The number of rotatable bonds is 10. The van der Waals surface area contributed by atoms with Gasteiger partial charge in [0.1, 0.15) is 29.9 Å².